The smallest absolute Gasteiger partial charge is 0.337 e. The summed E-state index contributed by atoms with van der Waals surface area (Å²) in [4.78, 5) is 35.7. The summed E-state index contributed by atoms with van der Waals surface area (Å²) in [6.07, 6.45) is -0.236. The summed E-state index contributed by atoms with van der Waals surface area (Å²) in [5.41, 5.74) is 1.79. The van der Waals surface area contributed by atoms with Crippen LogP contribution in [0.25, 0.3) is 11.0 Å². The highest BCUT2D eigenvalue weighted by Gasteiger charge is 2.33. The molecule has 166 valence electrons. The molecule has 9 heteroatoms. The number of carbonyl (C=O) groups is 2. The third-order valence-corrected chi connectivity index (χ3v) is 5.33. The Morgan fingerprint density at radius 3 is 2.53 bits per heavy atom. The topological polar surface area (TPSA) is 84.4 Å². The van der Waals surface area contributed by atoms with Crippen molar-refractivity contribution in [2.45, 2.75) is 25.2 Å². The number of nitrogens with zero attached hydrogens (tertiary/aromatic N) is 3. The second-order valence-corrected chi connectivity index (χ2v) is 7.61. The molecule has 0 radical (unpaired) electrons. The Kier molecular flexibility index (Phi) is 5.98. The lowest BCUT2D eigenvalue weighted by atomic mass is 10.1. The number of rotatable bonds is 4. The third kappa shape index (κ3) is 4.66. The number of hydrogen-bond donors (Lipinski definition) is 1. The van der Waals surface area contributed by atoms with Gasteiger partial charge in [0.05, 0.1) is 23.7 Å². The van der Waals surface area contributed by atoms with Crippen molar-refractivity contribution in [3.63, 3.8) is 0 Å². The number of para-hydroxylation sites is 2. The van der Waals surface area contributed by atoms with Gasteiger partial charge in [0.1, 0.15) is 0 Å². The molecule has 32 heavy (non-hydrogen) atoms. The molecule has 1 aliphatic heterocycles. The van der Waals surface area contributed by atoms with Crippen molar-refractivity contribution in [3.8, 4) is 0 Å². The first-order valence-electron chi connectivity index (χ1n) is 10.3. The van der Waals surface area contributed by atoms with Gasteiger partial charge in [-0.05, 0) is 36.8 Å². The zero-order chi connectivity index (χ0) is 22.7. The molecule has 1 saturated heterocycles. The quantitative estimate of drug-likeness (QED) is 0.609. The molecule has 0 bridgehead atoms. The lowest BCUT2D eigenvalue weighted by Crippen LogP contribution is -2.30. The van der Waals surface area contributed by atoms with E-state index in [4.69, 9.17) is 4.74 Å². The van der Waals surface area contributed by atoms with Crippen LogP contribution < -0.4 is 10.2 Å². The van der Waals surface area contributed by atoms with E-state index in [1.807, 2.05) is 0 Å². The van der Waals surface area contributed by atoms with Gasteiger partial charge in [0.15, 0.2) is 11.5 Å². The minimum Gasteiger partial charge on any atom is -0.465 e. The van der Waals surface area contributed by atoms with Crippen molar-refractivity contribution in [2.24, 2.45) is 0 Å². The van der Waals surface area contributed by atoms with Gasteiger partial charge in [0, 0.05) is 31.6 Å². The average molecular weight is 440 g/mol. The number of amides is 1. The van der Waals surface area contributed by atoms with Gasteiger partial charge in [-0.3, -0.25) is 4.79 Å². The predicted octanol–water partition coefficient (Wildman–Crippen LogP) is 4.29. The molecule has 0 aliphatic carbocycles. The number of nitrogens with one attached hydrogen (secondary N) is 1. The number of hydrogen-bond acceptors (Lipinski definition) is 6. The number of esters is 1. The maximum Gasteiger partial charge on any atom is 0.337 e. The maximum absolute atomic E-state index is 13.9. The van der Waals surface area contributed by atoms with Gasteiger partial charge in [-0.1, -0.05) is 18.2 Å². The molecular formula is C23H22F2N4O3. The number of fused-ring (bicyclic) bond motifs is 1. The van der Waals surface area contributed by atoms with E-state index in [0.717, 1.165) is 0 Å². The molecule has 2 aromatic carbocycles. The van der Waals surface area contributed by atoms with Gasteiger partial charge in [0.25, 0.3) is 5.91 Å². The van der Waals surface area contributed by atoms with Gasteiger partial charge in [0.2, 0.25) is 5.92 Å². The zero-order valence-electron chi connectivity index (χ0n) is 17.5. The molecule has 0 saturated carbocycles. The number of halogens is 2. The number of alkyl halides is 2. The number of benzene rings is 2. The van der Waals surface area contributed by atoms with Gasteiger partial charge in [-0.15, -0.1) is 0 Å². The van der Waals surface area contributed by atoms with Crippen LogP contribution in [0.2, 0.25) is 0 Å². The van der Waals surface area contributed by atoms with Crippen LogP contribution in [0.4, 0.5) is 20.3 Å². The maximum atomic E-state index is 13.9. The number of ether oxygens (including phenoxy) is 1. The molecule has 1 aromatic heterocycles. The first-order valence-corrected chi connectivity index (χ1v) is 10.3. The summed E-state index contributed by atoms with van der Waals surface area (Å²) in [5, 5.41) is 2.73. The van der Waals surface area contributed by atoms with Crippen molar-refractivity contribution < 1.29 is 23.1 Å². The fourth-order valence-electron chi connectivity index (χ4n) is 3.67. The van der Waals surface area contributed by atoms with E-state index in [0.29, 0.717) is 23.3 Å². The van der Waals surface area contributed by atoms with Crippen LogP contribution >= 0.6 is 0 Å². The van der Waals surface area contributed by atoms with Crippen molar-refractivity contribution >= 4 is 34.4 Å². The third-order valence-electron chi connectivity index (χ3n) is 5.33. The fraction of sp³-hybridized carbons (Fsp3) is 0.304. The molecule has 1 amide bonds. The van der Waals surface area contributed by atoms with E-state index < -0.39 is 17.8 Å². The Balaban J connectivity index is 1.70. The first-order chi connectivity index (χ1) is 15.4. The standard InChI is InChI=1S/C23H22F2N4O3/c1-32-22(31)15-6-4-7-16(14-15)26-21(30)19-20(28-18-9-3-2-8-17(18)27-19)29-12-5-10-23(24,25)11-13-29/h2-4,6-9,14H,5,10-13H2,1H3,(H,26,30). The number of methoxy groups -OCH3 is 1. The van der Waals surface area contributed by atoms with Crippen LogP contribution in [-0.2, 0) is 4.74 Å². The van der Waals surface area contributed by atoms with Crippen molar-refractivity contribution in [1.82, 2.24) is 9.97 Å². The highest BCUT2D eigenvalue weighted by atomic mass is 19.3. The van der Waals surface area contributed by atoms with E-state index in [1.165, 1.54) is 13.2 Å². The highest BCUT2D eigenvalue weighted by Crippen LogP contribution is 2.31. The van der Waals surface area contributed by atoms with Crippen LogP contribution in [0.15, 0.2) is 48.5 Å². The molecule has 1 fully saturated rings. The molecule has 3 aromatic rings. The van der Waals surface area contributed by atoms with E-state index in [2.05, 4.69) is 15.3 Å². The summed E-state index contributed by atoms with van der Waals surface area (Å²) < 4.78 is 32.5. The molecule has 0 atom stereocenters. The van der Waals surface area contributed by atoms with Crippen LogP contribution in [0, 0.1) is 0 Å². The summed E-state index contributed by atoms with van der Waals surface area (Å²) >= 11 is 0. The molecule has 1 aliphatic rings. The largest absolute Gasteiger partial charge is 0.465 e. The Morgan fingerprint density at radius 2 is 1.78 bits per heavy atom. The highest BCUT2D eigenvalue weighted by molar-refractivity contribution is 6.07. The van der Waals surface area contributed by atoms with Gasteiger partial charge in [-0.25, -0.2) is 23.5 Å². The summed E-state index contributed by atoms with van der Waals surface area (Å²) in [6, 6.07) is 13.4. The summed E-state index contributed by atoms with van der Waals surface area (Å²) in [5.74, 6) is -3.55. The Hall–Kier alpha value is -3.62. The molecule has 0 unspecified atom stereocenters. The van der Waals surface area contributed by atoms with Crippen LogP contribution in [0.3, 0.4) is 0 Å². The van der Waals surface area contributed by atoms with Crippen LogP contribution in [0.5, 0.6) is 0 Å². The summed E-state index contributed by atoms with van der Waals surface area (Å²) in [7, 11) is 1.27. The van der Waals surface area contributed by atoms with Crippen molar-refractivity contribution in [1.29, 1.82) is 0 Å². The first kappa shape index (κ1) is 21.6. The van der Waals surface area contributed by atoms with Crippen LogP contribution in [0.1, 0.15) is 40.1 Å². The van der Waals surface area contributed by atoms with E-state index >= 15 is 0 Å². The lowest BCUT2D eigenvalue weighted by molar-refractivity contribution is -0.0102. The monoisotopic (exact) mass is 440 g/mol. The van der Waals surface area contributed by atoms with Crippen molar-refractivity contribution in [3.05, 3.63) is 59.8 Å². The average Bonchev–Trinajstić information content (AvgIpc) is 2.98. The minimum absolute atomic E-state index is 0.0392. The molecule has 2 heterocycles. The summed E-state index contributed by atoms with van der Waals surface area (Å²) in [6.45, 7) is 0.416. The normalized spacial score (nSPS) is 15.8. The van der Waals surface area contributed by atoms with Crippen LogP contribution in [-0.4, -0.2) is 48.0 Å². The Labute approximate surface area is 183 Å². The minimum atomic E-state index is -2.74. The second-order valence-electron chi connectivity index (χ2n) is 7.61. The van der Waals surface area contributed by atoms with E-state index in [9.17, 15) is 18.4 Å². The second kappa shape index (κ2) is 8.86. The Morgan fingerprint density at radius 1 is 1.03 bits per heavy atom. The molecule has 4 rings (SSSR count). The van der Waals surface area contributed by atoms with Crippen molar-refractivity contribution in [2.75, 3.05) is 30.4 Å². The number of aromatic nitrogens is 2. The molecule has 0 spiro atoms. The molecule has 7 nitrogen and oxygen atoms in total. The van der Waals surface area contributed by atoms with E-state index in [-0.39, 0.29) is 42.9 Å². The number of anilines is 2. The lowest BCUT2D eigenvalue weighted by Gasteiger charge is -2.24. The van der Waals surface area contributed by atoms with Gasteiger partial charge >= 0.3 is 5.97 Å². The van der Waals surface area contributed by atoms with Gasteiger partial charge < -0.3 is 15.0 Å². The SMILES string of the molecule is COC(=O)c1cccc(NC(=O)c2nc3ccccc3nc2N2CCCC(F)(F)CC2)c1. The predicted molar refractivity (Wildman–Crippen MR) is 116 cm³/mol. The fourth-order valence-corrected chi connectivity index (χ4v) is 3.67. The van der Waals surface area contributed by atoms with E-state index in [1.54, 1.807) is 47.4 Å². The number of carbonyl (C=O) groups excluding carboxylic acids is 2. The molecule has 1 N–H and O–H groups in total. The Bertz CT molecular complexity index is 1170. The molecular weight excluding hydrogens is 418 g/mol. The zero-order valence-corrected chi connectivity index (χ0v) is 17.5. The van der Waals surface area contributed by atoms with Gasteiger partial charge in [-0.2, -0.15) is 0 Å².